The second-order valence-electron chi connectivity index (χ2n) is 7.46. The number of nitrogens with zero attached hydrogens (tertiary/aromatic N) is 2. The summed E-state index contributed by atoms with van der Waals surface area (Å²) < 4.78 is 0. The molecule has 0 fully saturated rings. The topological polar surface area (TPSA) is 80.9 Å². The lowest BCUT2D eigenvalue weighted by Gasteiger charge is -2.11. The monoisotopic (exact) mass is 436 g/mol. The SMILES string of the molecule is Nc1ccc(-c2cnc(NC(=O)Cc3ccc4ccccc4c3)c(-c3cccs3)n2)cc1. The third-order valence-electron chi connectivity index (χ3n) is 5.17. The molecule has 0 saturated carbocycles. The van der Waals surface area contributed by atoms with Gasteiger partial charge >= 0.3 is 0 Å². The van der Waals surface area contributed by atoms with Crippen molar-refractivity contribution in [2.75, 3.05) is 11.1 Å². The number of aromatic nitrogens is 2. The minimum absolute atomic E-state index is 0.132. The van der Waals surface area contributed by atoms with Crippen molar-refractivity contribution in [2.24, 2.45) is 0 Å². The van der Waals surface area contributed by atoms with E-state index in [1.54, 1.807) is 17.5 Å². The lowest BCUT2D eigenvalue weighted by molar-refractivity contribution is -0.115. The fourth-order valence-electron chi connectivity index (χ4n) is 3.57. The van der Waals surface area contributed by atoms with E-state index in [9.17, 15) is 4.79 Å². The highest BCUT2D eigenvalue weighted by Crippen LogP contribution is 2.31. The van der Waals surface area contributed by atoms with Crippen molar-refractivity contribution in [2.45, 2.75) is 6.42 Å². The van der Waals surface area contributed by atoms with Crippen LogP contribution in [0.3, 0.4) is 0 Å². The van der Waals surface area contributed by atoms with Gasteiger partial charge in [0.05, 0.1) is 23.2 Å². The molecule has 0 aliphatic heterocycles. The quantitative estimate of drug-likeness (QED) is 0.342. The van der Waals surface area contributed by atoms with E-state index in [4.69, 9.17) is 10.7 Å². The van der Waals surface area contributed by atoms with Crippen LogP contribution in [0.2, 0.25) is 0 Å². The fourth-order valence-corrected chi connectivity index (χ4v) is 4.28. The van der Waals surface area contributed by atoms with E-state index in [-0.39, 0.29) is 12.3 Å². The lowest BCUT2D eigenvalue weighted by atomic mass is 10.0. The smallest absolute Gasteiger partial charge is 0.230 e. The van der Waals surface area contributed by atoms with Gasteiger partial charge in [-0.05, 0) is 39.9 Å². The predicted octanol–water partition coefficient (Wildman–Crippen LogP) is 5.79. The minimum Gasteiger partial charge on any atom is -0.399 e. The summed E-state index contributed by atoms with van der Waals surface area (Å²) >= 11 is 1.56. The van der Waals surface area contributed by atoms with E-state index in [1.807, 2.05) is 78.2 Å². The molecule has 6 heteroatoms. The van der Waals surface area contributed by atoms with Gasteiger partial charge in [-0.2, -0.15) is 0 Å². The summed E-state index contributed by atoms with van der Waals surface area (Å²) in [6, 6.07) is 25.6. The third kappa shape index (κ3) is 4.22. The van der Waals surface area contributed by atoms with Gasteiger partial charge in [0.2, 0.25) is 5.91 Å². The van der Waals surface area contributed by atoms with Gasteiger partial charge in [0.25, 0.3) is 0 Å². The van der Waals surface area contributed by atoms with E-state index in [1.165, 1.54) is 0 Å². The molecular formula is C26H20N4OS. The Bertz CT molecular complexity index is 1400. The summed E-state index contributed by atoms with van der Waals surface area (Å²) in [7, 11) is 0. The zero-order valence-electron chi connectivity index (χ0n) is 17.2. The van der Waals surface area contributed by atoms with Crippen molar-refractivity contribution in [3.05, 3.63) is 96.0 Å². The number of nitrogens with two attached hydrogens (primary N) is 1. The third-order valence-corrected chi connectivity index (χ3v) is 6.05. The van der Waals surface area contributed by atoms with Crippen LogP contribution < -0.4 is 11.1 Å². The van der Waals surface area contributed by atoms with Crippen molar-refractivity contribution in [1.29, 1.82) is 0 Å². The van der Waals surface area contributed by atoms with Crippen molar-refractivity contribution >= 4 is 39.5 Å². The fraction of sp³-hybridized carbons (Fsp3) is 0.0385. The van der Waals surface area contributed by atoms with E-state index < -0.39 is 0 Å². The van der Waals surface area contributed by atoms with Crippen LogP contribution in [0, 0.1) is 0 Å². The molecule has 5 aromatic rings. The second-order valence-corrected chi connectivity index (χ2v) is 8.41. The maximum absolute atomic E-state index is 12.8. The standard InChI is InChI=1S/C26H20N4OS/c27-21-11-9-19(10-12-21)22-16-28-26(25(29-22)23-6-3-13-32-23)30-24(31)15-17-7-8-18-4-1-2-5-20(18)14-17/h1-14,16H,15,27H2,(H,28,30,31). The van der Waals surface area contributed by atoms with Crippen LogP contribution in [0.25, 0.3) is 32.6 Å². The molecule has 5 nitrogen and oxygen atoms in total. The number of rotatable bonds is 5. The number of amides is 1. The molecule has 0 spiro atoms. The number of hydrogen-bond acceptors (Lipinski definition) is 5. The van der Waals surface area contributed by atoms with Crippen LogP contribution in [0.15, 0.2) is 90.4 Å². The van der Waals surface area contributed by atoms with Gasteiger partial charge in [0.15, 0.2) is 5.82 Å². The summed E-state index contributed by atoms with van der Waals surface area (Å²) in [5, 5.41) is 7.21. The number of nitrogens with one attached hydrogen (secondary N) is 1. The van der Waals surface area contributed by atoms with Crippen molar-refractivity contribution in [1.82, 2.24) is 9.97 Å². The molecule has 0 atom stereocenters. The number of anilines is 2. The molecule has 156 valence electrons. The molecule has 3 aromatic carbocycles. The van der Waals surface area contributed by atoms with E-state index in [0.29, 0.717) is 17.2 Å². The molecule has 1 amide bonds. The predicted molar refractivity (Wildman–Crippen MR) is 131 cm³/mol. The Balaban J connectivity index is 1.42. The molecule has 5 rings (SSSR count). The summed E-state index contributed by atoms with van der Waals surface area (Å²) in [5.74, 6) is 0.324. The van der Waals surface area contributed by atoms with E-state index in [0.717, 1.165) is 32.5 Å². The minimum atomic E-state index is -0.132. The number of carbonyl (C=O) groups excluding carboxylic acids is 1. The van der Waals surface area contributed by atoms with Crippen molar-refractivity contribution < 1.29 is 4.79 Å². The van der Waals surface area contributed by atoms with Crippen molar-refractivity contribution in [3.8, 4) is 21.8 Å². The maximum Gasteiger partial charge on any atom is 0.230 e. The van der Waals surface area contributed by atoms with Gasteiger partial charge in [-0.25, -0.2) is 9.97 Å². The van der Waals surface area contributed by atoms with Gasteiger partial charge in [0.1, 0.15) is 5.69 Å². The Labute approximate surface area is 189 Å². The first-order chi connectivity index (χ1) is 15.7. The van der Waals surface area contributed by atoms with Crippen LogP contribution in [0.1, 0.15) is 5.56 Å². The molecule has 2 heterocycles. The molecule has 0 aliphatic carbocycles. The first-order valence-electron chi connectivity index (χ1n) is 10.2. The zero-order valence-corrected chi connectivity index (χ0v) is 18.0. The number of hydrogen-bond donors (Lipinski definition) is 2. The summed E-state index contributed by atoms with van der Waals surface area (Å²) in [6.45, 7) is 0. The molecule has 0 aliphatic rings. The number of thiophene rings is 1. The number of fused-ring (bicyclic) bond motifs is 1. The Morgan fingerprint density at radius 1 is 0.938 bits per heavy atom. The Morgan fingerprint density at radius 2 is 1.75 bits per heavy atom. The molecule has 32 heavy (non-hydrogen) atoms. The highest BCUT2D eigenvalue weighted by molar-refractivity contribution is 7.13. The zero-order chi connectivity index (χ0) is 21.9. The molecule has 3 N–H and O–H groups in total. The van der Waals surface area contributed by atoms with Crippen molar-refractivity contribution in [3.63, 3.8) is 0 Å². The maximum atomic E-state index is 12.8. The normalized spacial score (nSPS) is 10.9. The average Bonchev–Trinajstić information content (AvgIpc) is 3.35. The Hall–Kier alpha value is -4.03. The second kappa shape index (κ2) is 8.61. The molecule has 0 saturated heterocycles. The van der Waals surface area contributed by atoms with Crippen LogP contribution in [-0.2, 0) is 11.2 Å². The first-order valence-corrected chi connectivity index (χ1v) is 11.1. The number of benzene rings is 3. The van der Waals surface area contributed by atoms with Crippen LogP contribution in [0.5, 0.6) is 0 Å². The average molecular weight is 437 g/mol. The largest absolute Gasteiger partial charge is 0.399 e. The number of nitrogen functional groups attached to an aromatic ring is 1. The van der Waals surface area contributed by atoms with E-state index in [2.05, 4.69) is 16.4 Å². The van der Waals surface area contributed by atoms with Crippen LogP contribution >= 0.6 is 11.3 Å². The Morgan fingerprint density at radius 3 is 2.53 bits per heavy atom. The molecule has 0 unspecified atom stereocenters. The van der Waals surface area contributed by atoms with Gasteiger partial charge in [-0.1, -0.05) is 60.7 Å². The van der Waals surface area contributed by atoms with E-state index >= 15 is 0 Å². The summed E-state index contributed by atoms with van der Waals surface area (Å²) in [4.78, 5) is 23.1. The number of carbonyl (C=O) groups is 1. The van der Waals surface area contributed by atoms with Gasteiger partial charge in [-0.3, -0.25) is 4.79 Å². The molecular weight excluding hydrogens is 416 g/mol. The highest BCUT2D eigenvalue weighted by Gasteiger charge is 2.15. The van der Waals surface area contributed by atoms with Gasteiger partial charge < -0.3 is 11.1 Å². The Kier molecular flexibility index (Phi) is 5.35. The van der Waals surface area contributed by atoms with Gasteiger partial charge in [0, 0.05) is 11.3 Å². The summed E-state index contributed by atoms with van der Waals surface area (Å²) in [5.41, 5.74) is 9.74. The van der Waals surface area contributed by atoms with Gasteiger partial charge in [-0.15, -0.1) is 11.3 Å². The molecule has 0 radical (unpaired) electrons. The highest BCUT2D eigenvalue weighted by atomic mass is 32.1. The molecule has 2 aromatic heterocycles. The lowest BCUT2D eigenvalue weighted by Crippen LogP contribution is -2.16. The first kappa shape index (κ1) is 19.9. The summed E-state index contributed by atoms with van der Waals surface area (Å²) in [6.07, 6.45) is 1.93. The van der Waals surface area contributed by atoms with Crippen LogP contribution in [-0.4, -0.2) is 15.9 Å². The van der Waals surface area contributed by atoms with Crippen LogP contribution in [0.4, 0.5) is 11.5 Å². The molecule has 0 bridgehead atoms.